The van der Waals surface area contributed by atoms with Crippen molar-refractivity contribution in [2.75, 3.05) is 17.7 Å². The van der Waals surface area contributed by atoms with Crippen LogP contribution in [0.2, 0.25) is 0 Å². The molecule has 0 saturated heterocycles. The largest absolute Gasteiger partial charge is 0.373 e. The molecule has 0 amide bonds. The Hall–Kier alpha value is -2.15. The fourth-order valence-electron chi connectivity index (χ4n) is 1.51. The van der Waals surface area contributed by atoms with Gasteiger partial charge in [-0.3, -0.25) is 10.1 Å². The third kappa shape index (κ3) is 3.19. The van der Waals surface area contributed by atoms with Crippen LogP contribution in [0.5, 0.6) is 0 Å². The lowest BCUT2D eigenvalue weighted by Gasteiger charge is -2.09. The summed E-state index contributed by atoms with van der Waals surface area (Å²) in [5, 5.41) is 16.7. The standard InChI is InChI=1S/C12H11BrN4O2/c1-14-11-6-8(17(18)19)7-12(16-11)15-10-5-3-2-4-9(10)13/h2-7H,1H3,(H2,14,15,16). The molecule has 1 heterocycles. The summed E-state index contributed by atoms with van der Waals surface area (Å²) in [4.78, 5) is 14.6. The molecule has 7 heteroatoms. The molecule has 1 aromatic heterocycles. The highest BCUT2D eigenvalue weighted by atomic mass is 79.9. The number of rotatable bonds is 4. The molecule has 19 heavy (non-hydrogen) atoms. The predicted molar refractivity (Wildman–Crippen MR) is 77.9 cm³/mol. The van der Waals surface area contributed by atoms with E-state index in [0.717, 1.165) is 10.2 Å². The predicted octanol–water partition coefficient (Wildman–Crippen LogP) is 3.54. The average Bonchev–Trinajstić information content (AvgIpc) is 2.41. The van der Waals surface area contributed by atoms with E-state index in [-0.39, 0.29) is 5.69 Å². The summed E-state index contributed by atoms with van der Waals surface area (Å²) in [5.41, 5.74) is 0.770. The van der Waals surface area contributed by atoms with Crippen LogP contribution in [0.1, 0.15) is 0 Å². The average molecular weight is 323 g/mol. The molecule has 0 fully saturated rings. The normalized spacial score (nSPS) is 10.0. The molecular weight excluding hydrogens is 312 g/mol. The van der Waals surface area contributed by atoms with E-state index in [9.17, 15) is 10.1 Å². The number of nitrogens with one attached hydrogen (secondary N) is 2. The number of benzene rings is 1. The molecule has 6 nitrogen and oxygen atoms in total. The monoisotopic (exact) mass is 322 g/mol. The third-order valence-corrected chi connectivity index (χ3v) is 3.11. The fourth-order valence-corrected chi connectivity index (χ4v) is 1.90. The number of nitro groups is 1. The van der Waals surface area contributed by atoms with Crippen molar-refractivity contribution in [1.29, 1.82) is 0 Å². The minimum atomic E-state index is -0.451. The number of anilines is 3. The molecule has 0 atom stereocenters. The molecule has 0 bridgehead atoms. The van der Waals surface area contributed by atoms with Gasteiger partial charge in [0.1, 0.15) is 11.6 Å². The zero-order valence-corrected chi connectivity index (χ0v) is 11.6. The highest BCUT2D eigenvalue weighted by molar-refractivity contribution is 9.10. The smallest absolute Gasteiger partial charge is 0.276 e. The van der Waals surface area contributed by atoms with Crippen molar-refractivity contribution in [2.45, 2.75) is 0 Å². The van der Waals surface area contributed by atoms with Gasteiger partial charge in [-0.15, -0.1) is 0 Å². The van der Waals surface area contributed by atoms with Crippen molar-refractivity contribution < 1.29 is 4.92 Å². The SMILES string of the molecule is CNc1cc([N+](=O)[O-])cc(Nc2ccccc2Br)n1. The second-order valence-electron chi connectivity index (χ2n) is 3.71. The summed E-state index contributed by atoms with van der Waals surface area (Å²) in [6.07, 6.45) is 0. The first kappa shape index (κ1) is 13.3. The Morgan fingerprint density at radius 1 is 1.26 bits per heavy atom. The van der Waals surface area contributed by atoms with Gasteiger partial charge in [-0.25, -0.2) is 4.98 Å². The first-order valence-electron chi connectivity index (χ1n) is 5.46. The second kappa shape index (κ2) is 5.66. The maximum Gasteiger partial charge on any atom is 0.276 e. The number of hydrogen-bond acceptors (Lipinski definition) is 5. The summed E-state index contributed by atoms with van der Waals surface area (Å²) >= 11 is 3.40. The highest BCUT2D eigenvalue weighted by Crippen LogP contribution is 2.27. The van der Waals surface area contributed by atoms with Crippen molar-refractivity contribution in [2.24, 2.45) is 0 Å². The van der Waals surface area contributed by atoms with Crippen molar-refractivity contribution >= 4 is 38.9 Å². The number of para-hydroxylation sites is 1. The van der Waals surface area contributed by atoms with Crippen LogP contribution < -0.4 is 10.6 Å². The van der Waals surface area contributed by atoms with Gasteiger partial charge >= 0.3 is 0 Å². The van der Waals surface area contributed by atoms with E-state index in [4.69, 9.17) is 0 Å². The van der Waals surface area contributed by atoms with Gasteiger partial charge in [0, 0.05) is 11.5 Å². The molecule has 2 rings (SSSR count). The lowest BCUT2D eigenvalue weighted by molar-refractivity contribution is -0.384. The number of hydrogen-bond donors (Lipinski definition) is 2. The van der Waals surface area contributed by atoms with Gasteiger partial charge in [0.25, 0.3) is 5.69 Å². The minimum Gasteiger partial charge on any atom is -0.373 e. The first-order valence-corrected chi connectivity index (χ1v) is 6.25. The van der Waals surface area contributed by atoms with Crippen molar-refractivity contribution in [3.8, 4) is 0 Å². The van der Waals surface area contributed by atoms with Gasteiger partial charge in [-0.05, 0) is 28.1 Å². The molecule has 0 aliphatic carbocycles. The molecule has 0 spiro atoms. The summed E-state index contributed by atoms with van der Waals surface area (Å²) in [5.74, 6) is 0.842. The van der Waals surface area contributed by atoms with Gasteiger partial charge in [-0.2, -0.15) is 0 Å². The molecule has 0 unspecified atom stereocenters. The van der Waals surface area contributed by atoms with Crippen LogP contribution in [0.25, 0.3) is 0 Å². The Balaban J connectivity index is 2.37. The van der Waals surface area contributed by atoms with Crippen molar-refractivity contribution in [3.05, 3.63) is 51.0 Å². The van der Waals surface area contributed by atoms with E-state index >= 15 is 0 Å². The molecule has 0 saturated carbocycles. The van der Waals surface area contributed by atoms with Crippen LogP contribution in [0.4, 0.5) is 23.0 Å². The lowest BCUT2D eigenvalue weighted by atomic mass is 10.3. The Morgan fingerprint density at radius 2 is 1.95 bits per heavy atom. The van der Waals surface area contributed by atoms with Gasteiger partial charge in [0.2, 0.25) is 0 Å². The van der Waals surface area contributed by atoms with E-state index < -0.39 is 4.92 Å². The Labute approximate surface area is 118 Å². The van der Waals surface area contributed by atoms with E-state index in [2.05, 4.69) is 31.5 Å². The fraction of sp³-hybridized carbons (Fsp3) is 0.0833. The van der Waals surface area contributed by atoms with E-state index in [1.807, 2.05) is 24.3 Å². The van der Waals surface area contributed by atoms with Gasteiger partial charge in [-0.1, -0.05) is 12.1 Å². The Bertz CT molecular complexity index is 618. The summed E-state index contributed by atoms with van der Waals surface area (Å²) in [6, 6.07) is 10.2. The van der Waals surface area contributed by atoms with Crippen molar-refractivity contribution in [3.63, 3.8) is 0 Å². The molecule has 0 aliphatic heterocycles. The van der Waals surface area contributed by atoms with Crippen LogP contribution in [-0.4, -0.2) is 17.0 Å². The maximum absolute atomic E-state index is 10.9. The molecule has 1 aromatic carbocycles. The van der Waals surface area contributed by atoms with Gasteiger partial charge < -0.3 is 10.6 Å². The van der Waals surface area contributed by atoms with Crippen LogP contribution in [0.15, 0.2) is 40.9 Å². The van der Waals surface area contributed by atoms with Gasteiger partial charge in [0.15, 0.2) is 0 Å². The topological polar surface area (TPSA) is 80.1 Å². The van der Waals surface area contributed by atoms with Gasteiger partial charge in [0.05, 0.1) is 22.7 Å². The zero-order valence-electron chi connectivity index (χ0n) is 10.1. The molecule has 0 radical (unpaired) electrons. The van der Waals surface area contributed by atoms with Crippen LogP contribution in [0.3, 0.4) is 0 Å². The second-order valence-corrected chi connectivity index (χ2v) is 4.56. The van der Waals surface area contributed by atoms with E-state index in [1.165, 1.54) is 12.1 Å². The van der Waals surface area contributed by atoms with Crippen molar-refractivity contribution in [1.82, 2.24) is 4.98 Å². The lowest BCUT2D eigenvalue weighted by Crippen LogP contribution is -2.00. The zero-order chi connectivity index (χ0) is 13.8. The van der Waals surface area contributed by atoms with Crippen LogP contribution in [0, 0.1) is 10.1 Å². The molecule has 2 aromatic rings. The number of halogens is 1. The first-order chi connectivity index (χ1) is 9.10. The number of aromatic nitrogens is 1. The summed E-state index contributed by atoms with van der Waals surface area (Å²) in [6.45, 7) is 0. The highest BCUT2D eigenvalue weighted by Gasteiger charge is 2.11. The van der Waals surface area contributed by atoms with Crippen LogP contribution in [-0.2, 0) is 0 Å². The molecule has 2 N–H and O–H groups in total. The minimum absolute atomic E-state index is 0.0195. The number of nitrogens with zero attached hydrogens (tertiary/aromatic N) is 2. The summed E-state index contributed by atoms with van der Waals surface area (Å²) in [7, 11) is 1.66. The molecule has 0 aliphatic rings. The number of pyridine rings is 1. The van der Waals surface area contributed by atoms with E-state index in [0.29, 0.717) is 11.6 Å². The van der Waals surface area contributed by atoms with E-state index in [1.54, 1.807) is 7.05 Å². The molecular formula is C12H11BrN4O2. The Kier molecular flexibility index (Phi) is 3.96. The summed E-state index contributed by atoms with van der Waals surface area (Å²) < 4.78 is 0.856. The van der Waals surface area contributed by atoms with Crippen LogP contribution >= 0.6 is 15.9 Å². The quantitative estimate of drug-likeness (QED) is 0.664. The molecule has 98 valence electrons. The third-order valence-electron chi connectivity index (χ3n) is 2.41. The maximum atomic E-state index is 10.9. The Morgan fingerprint density at radius 3 is 2.58 bits per heavy atom.